The van der Waals surface area contributed by atoms with Gasteiger partial charge >= 0.3 is 0 Å². The van der Waals surface area contributed by atoms with E-state index in [0.29, 0.717) is 113 Å². The van der Waals surface area contributed by atoms with Gasteiger partial charge in [0.2, 0.25) is 29.5 Å². The third-order valence-corrected chi connectivity index (χ3v) is 19.1. The van der Waals surface area contributed by atoms with Crippen molar-refractivity contribution in [3.8, 4) is 10.4 Å². The third kappa shape index (κ3) is 18.2. The molecule has 82 heavy (non-hydrogen) atoms. The number of aryl methyl sites for hydroxylation is 1. The van der Waals surface area contributed by atoms with E-state index < -0.39 is 17.5 Å². The Balaban J connectivity index is 0.584. The van der Waals surface area contributed by atoms with Crippen LogP contribution in [0.5, 0.6) is 0 Å². The maximum Gasteiger partial charge on any atom is 0.253 e. The van der Waals surface area contributed by atoms with Crippen LogP contribution in [0.1, 0.15) is 132 Å². The van der Waals surface area contributed by atoms with E-state index in [0.717, 1.165) is 84.8 Å². The normalized spacial score (nSPS) is 21.0. The molecule has 5 N–H and O–H groups in total. The SMILES string of the molecule is Cc1ncsc1-c1ccc(C(C)NC(=O)C2CCCN2C(=O)C(NC(=O)CCOCCOCCOCCOCCC(=O)NCCCN2CCC(CSN3C4CCC3CC(NC(=O)c3cc5c(cc3Cl)NC(=O)C5)C4)CC2)C(C)(C)C)cc1. The molecule has 1 aromatic heterocycles. The van der Waals surface area contributed by atoms with Gasteiger partial charge in [-0.25, -0.2) is 9.29 Å². The number of nitrogens with zero attached hydrogens (tertiary/aromatic N) is 4. The minimum Gasteiger partial charge on any atom is -0.379 e. The van der Waals surface area contributed by atoms with Crippen LogP contribution in [-0.2, 0) is 49.3 Å². The van der Waals surface area contributed by atoms with Crippen molar-refractivity contribution >= 4 is 76.0 Å². The van der Waals surface area contributed by atoms with Crippen molar-refractivity contribution in [1.82, 2.24) is 40.4 Å². The molecule has 450 valence electrons. The van der Waals surface area contributed by atoms with E-state index in [-0.39, 0.29) is 67.0 Å². The van der Waals surface area contributed by atoms with Crippen LogP contribution in [0.4, 0.5) is 5.69 Å². The van der Waals surface area contributed by atoms with E-state index in [1.165, 1.54) is 12.8 Å². The van der Waals surface area contributed by atoms with Gasteiger partial charge in [-0.15, -0.1) is 11.3 Å². The number of piperidine rings is 2. The Morgan fingerprint density at radius 2 is 1.49 bits per heavy atom. The molecule has 2 aromatic carbocycles. The molecular weight excluding hydrogens is 1110 g/mol. The molecule has 6 heterocycles. The van der Waals surface area contributed by atoms with Crippen LogP contribution in [-0.4, -0.2) is 176 Å². The number of fused-ring (bicyclic) bond motifs is 3. The fourth-order valence-electron chi connectivity index (χ4n) is 11.7. The van der Waals surface area contributed by atoms with E-state index >= 15 is 0 Å². The second-order valence-electron chi connectivity index (χ2n) is 23.5. The minimum atomic E-state index is -0.817. The molecule has 6 amide bonds. The summed E-state index contributed by atoms with van der Waals surface area (Å²) in [5.41, 5.74) is 6.22. The number of ether oxygens (including phenoxy) is 4. The fourth-order valence-corrected chi connectivity index (χ4v) is 14.3. The van der Waals surface area contributed by atoms with Gasteiger partial charge in [-0.2, -0.15) is 0 Å². The molecular formula is C60H86ClN9O10S2. The number of hydrogen-bond donors (Lipinski definition) is 5. The number of amides is 6. The second kappa shape index (κ2) is 30.9. The van der Waals surface area contributed by atoms with Gasteiger partial charge in [-0.05, 0) is 131 Å². The molecule has 5 atom stereocenters. The summed E-state index contributed by atoms with van der Waals surface area (Å²) < 4.78 is 25.1. The molecule has 5 unspecified atom stereocenters. The summed E-state index contributed by atoms with van der Waals surface area (Å²) in [7, 11) is 0. The predicted octanol–water partition coefficient (Wildman–Crippen LogP) is 7.10. The van der Waals surface area contributed by atoms with E-state index in [4.69, 9.17) is 30.5 Å². The highest BCUT2D eigenvalue weighted by molar-refractivity contribution is 7.97. The number of hydrogen-bond acceptors (Lipinski definition) is 15. The van der Waals surface area contributed by atoms with Crippen LogP contribution in [0, 0.1) is 18.3 Å². The minimum absolute atomic E-state index is 0.0154. The third-order valence-electron chi connectivity index (χ3n) is 16.3. The summed E-state index contributed by atoms with van der Waals surface area (Å²) in [5, 5.41) is 15.5. The van der Waals surface area contributed by atoms with Crippen molar-refractivity contribution < 1.29 is 47.7 Å². The average molecular weight is 1190 g/mol. The van der Waals surface area contributed by atoms with Gasteiger partial charge in [0.25, 0.3) is 5.91 Å². The number of benzene rings is 2. The summed E-state index contributed by atoms with van der Waals surface area (Å²) in [6.45, 7) is 16.5. The summed E-state index contributed by atoms with van der Waals surface area (Å²) >= 11 is 10.1. The first kappa shape index (κ1) is 63.3. The van der Waals surface area contributed by atoms with Gasteiger partial charge in [0.1, 0.15) is 12.1 Å². The lowest BCUT2D eigenvalue weighted by Gasteiger charge is -2.39. The molecule has 0 aliphatic carbocycles. The summed E-state index contributed by atoms with van der Waals surface area (Å²) in [6.07, 6.45) is 9.37. The van der Waals surface area contributed by atoms with Gasteiger partial charge in [-0.1, -0.05) is 68.6 Å². The topological polar surface area (TPSA) is 222 Å². The van der Waals surface area contributed by atoms with Crippen molar-refractivity contribution in [2.75, 3.05) is 96.6 Å². The summed E-state index contributed by atoms with van der Waals surface area (Å²) in [4.78, 5) is 87.8. The Morgan fingerprint density at radius 1 is 0.841 bits per heavy atom. The molecule has 5 aliphatic heterocycles. The van der Waals surface area contributed by atoms with Crippen molar-refractivity contribution in [3.63, 3.8) is 0 Å². The van der Waals surface area contributed by atoms with E-state index in [1.54, 1.807) is 28.4 Å². The molecule has 0 saturated carbocycles. The molecule has 4 fully saturated rings. The number of anilines is 1. The standard InChI is InChI=1S/C60H86ClN9O10S2/c1-39(42-9-11-43(12-10-42)55-40(2)63-38-81-55)64-58(75)51-8-6-21-69(51)59(76)56(60(3,4)5)67-53(72)18-25-78-27-29-80-31-30-79-28-26-77-24-17-52(71)62-19-7-20-68-22-15-41(16-23-68)37-82-70-46-13-14-47(70)35-45(34-46)65-57(74)48-32-44-33-54(73)66-50(44)36-49(48)61/h9-12,32,36,38-39,41,45-47,51,56H,6-8,13-31,33-35,37H2,1-5H3,(H,62,71)(H,64,75)(H,65,74)(H,66,73)(H,67,72). The van der Waals surface area contributed by atoms with Gasteiger partial charge in [0, 0.05) is 55.5 Å². The first-order valence-corrected chi connectivity index (χ1v) is 31.8. The molecule has 19 nitrogen and oxygen atoms in total. The van der Waals surface area contributed by atoms with Gasteiger partial charge in [0.05, 0.1) is 92.0 Å². The number of likely N-dealkylation sites (tertiary alicyclic amines) is 2. The van der Waals surface area contributed by atoms with Crippen LogP contribution >= 0.6 is 34.9 Å². The number of thiazole rings is 1. The fraction of sp³-hybridized carbons (Fsp3) is 0.650. The van der Waals surface area contributed by atoms with Crippen LogP contribution in [0.25, 0.3) is 10.4 Å². The number of aromatic nitrogens is 1. The van der Waals surface area contributed by atoms with Crippen molar-refractivity contribution in [1.29, 1.82) is 0 Å². The highest BCUT2D eigenvalue weighted by Gasteiger charge is 2.44. The number of rotatable bonds is 30. The number of carbonyl (C=O) groups is 6. The first-order chi connectivity index (χ1) is 39.5. The lowest BCUT2D eigenvalue weighted by molar-refractivity contribution is -0.144. The average Bonchev–Trinajstić information content (AvgIpc) is 4.33. The lowest BCUT2D eigenvalue weighted by atomic mass is 9.85. The lowest BCUT2D eigenvalue weighted by Crippen LogP contribution is -2.57. The zero-order chi connectivity index (χ0) is 58.2. The Labute approximate surface area is 497 Å². The van der Waals surface area contributed by atoms with Crippen molar-refractivity contribution in [2.45, 2.75) is 148 Å². The molecule has 8 rings (SSSR count). The van der Waals surface area contributed by atoms with E-state index in [9.17, 15) is 28.8 Å². The van der Waals surface area contributed by atoms with Crippen LogP contribution < -0.4 is 26.6 Å². The first-order valence-electron chi connectivity index (χ1n) is 29.6. The maximum absolute atomic E-state index is 14.0. The van der Waals surface area contributed by atoms with Crippen molar-refractivity contribution in [2.24, 2.45) is 11.3 Å². The highest BCUT2D eigenvalue weighted by Crippen LogP contribution is 2.42. The largest absolute Gasteiger partial charge is 0.379 e. The highest BCUT2D eigenvalue weighted by atomic mass is 35.5. The van der Waals surface area contributed by atoms with Gasteiger partial charge < -0.3 is 55.3 Å². The van der Waals surface area contributed by atoms with E-state index in [2.05, 4.69) is 40.8 Å². The molecule has 22 heteroatoms. The van der Waals surface area contributed by atoms with Gasteiger partial charge in [0.15, 0.2) is 0 Å². The Hall–Kier alpha value is -4.71. The molecule has 4 saturated heterocycles. The van der Waals surface area contributed by atoms with Crippen molar-refractivity contribution in [3.05, 3.63) is 69.3 Å². The van der Waals surface area contributed by atoms with Crippen LogP contribution in [0.2, 0.25) is 5.02 Å². The van der Waals surface area contributed by atoms with Gasteiger partial charge in [-0.3, -0.25) is 28.8 Å². The Bertz CT molecular complexity index is 2620. The monoisotopic (exact) mass is 1190 g/mol. The molecule has 3 aromatic rings. The summed E-state index contributed by atoms with van der Waals surface area (Å²) in [5.74, 6) is 0.788. The Morgan fingerprint density at radius 3 is 2.12 bits per heavy atom. The zero-order valence-electron chi connectivity index (χ0n) is 48.5. The smallest absolute Gasteiger partial charge is 0.253 e. The predicted molar refractivity (Wildman–Crippen MR) is 320 cm³/mol. The summed E-state index contributed by atoms with van der Waals surface area (Å²) in [6, 6.07) is 10.9. The number of halogens is 1. The van der Waals surface area contributed by atoms with E-state index in [1.807, 2.05) is 76.3 Å². The Kier molecular flexibility index (Phi) is 23.9. The molecule has 2 bridgehead atoms. The molecule has 0 radical (unpaired) electrons. The van der Waals surface area contributed by atoms with Crippen LogP contribution in [0.15, 0.2) is 41.9 Å². The second-order valence-corrected chi connectivity index (χ2v) is 25.8. The van der Waals surface area contributed by atoms with Crippen LogP contribution in [0.3, 0.4) is 0 Å². The number of nitrogens with one attached hydrogen (secondary N) is 5. The molecule has 0 spiro atoms. The number of carbonyl (C=O) groups excluding carboxylic acids is 6. The zero-order valence-corrected chi connectivity index (χ0v) is 50.9. The molecule has 5 aliphatic rings. The maximum atomic E-state index is 14.0. The quantitative estimate of drug-likeness (QED) is 0.0332.